The first-order valence-electron chi connectivity index (χ1n) is 12.4. The van der Waals surface area contributed by atoms with E-state index in [2.05, 4.69) is 47.3 Å². The number of imide groups is 1. The van der Waals surface area contributed by atoms with E-state index in [-0.39, 0.29) is 11.9 Å². The summed E-state index contributed by atoms with van der Waals surface area (Å²) in [5.41, 5.74) is 2.73. The van der Waals surface area contributed by atoms with Gasteiger partial charge in [0, 0.05) is 43.3 Å². The Hall–Kier alpha value is -3.32. The van der Waals surface area contributed by atoms with Crippen LogP contribution < -0.4 is 4.74 Å². The molecule has 5 rings (SSSR count). The van der Waals surface area contributed by atoms with Crippen LogP contribution in [-0.2, 0) is 17.8 Å². The number of likely N-dealkylation sites (tertiary alicyclic amines) is 1. The Kier molecular flexibility index (Phi) is 6.28. The number of nitrogens with one attached hydrogen (secondary N) is 1. The fourth-order valence-electron chi connectivity index (χ4n) is 5.67. The van der Waals surface area contributed by atoms with Crippen molar-refractivity contribution >= 4 is 22.8 Å². The molecule has 184 valence electrons. The number of methoxy groups -OCH3 is 1. The Bertz CT molecular complexity index is 1210. The number of H-pyrrole nitrogens is 1. The minimum absolute atomic E-state index is 0.0630. The van der Waals surface area contributed by atoms with Gasteiger partial charge in [-0.05, 0) is 61.9 Å². The number of carbonyl (C=O) groups is 2. The van der Waals surface area contributed by atoms with Gasteiger partial charge in [0.2, 0.25) is 0 Å². The average Bonchev–Trinajstić information content (AvgIpc) is 3.38. The molecule has 1 aromatic heterocycles. The van der Waals surface area contributed by atoms with Crippen molar-refractivity contribution in [1.29, 1.82) is 0 Å². The normalized spacial score (nSPS) is 19.2. The second-order valence-electron chi connectivity index (χ2n) is 9.90. The third-order valence-corrected chi connectivity index (χ3v) is 8.06. The number of ether oxygens (including phenoxy) is 1. The Balaban J connectivity index is 1.20. The summed E-state index contributed by atoms with van der Waals surface area (Å²) >= 11 is 0. The standard InChI is InChI=1S/C28H34N4O3/c1-20(8-11-22-18-29-25-7-5-4-6-24(22)25)31-16-14-28(15-17-31)26(33)32(27(34)30(28)2)19-21-9-12-23(35-3)13-10-21/h4-7,9-10,12-13,18,20,29H,8,11,14-17,19H2,1-3H3/t20-/m0/s1. The van der Waals surface area contributed by atoms with Gasteiger partial charge < -0.3 is 19.5 Å². The fraction of sp³-hybridized carbons (Fsp3) is 0.429. The maximum absolute atomic E-state index is 13.5. The van der Waals surface area contributed by atoms with E-state index in [1.54, 1.807) is 19.1 Å². The first kappa shape index (κ1) is 23.4. The van der Waals surface area contributed by atoms with Crippen molar-refractivity contribution in [2.24, 2.45) is 0 Å². The topological polar surface area (TPSA) is 68.9 Å². The van der Waals surface area contributed by atoms with Crippen molar-refractivity contribution in [2.45, 2.75) is 50.7 Å². The van der Waals surface area contributed by atoms with Crippen LogP contribution in [0.25, 0.3) is 10.9 Å². The number of carbonyl (C=O) groups excluding carboxylic acids is 2. The van der Waals surface area contributed by atoms with Gasteiger partial charge in [-0.15, -0.1) is 0 Å². The van der Waals surface area contributed by atoms with Crippen LogP contribution in [0.3, 0.4) is 0 Å². The first-order chi connectivity index (χ1) is 16.9. The largest absolute Gasteiger partial charge is 0.497 e. The van der Waals surface area contributed by atoms with Gasteiger partial charge in [0.1, 0.15) is 11.3 Å². The highest BCUT2D eigenvalue weighted by molar-refractivity contribution is 6.07. The molecule has 1 atom stereocenters. The molecule has 3 amide bonds. The van der Waals surface area contributed by atoms with Crippen LogP contribution in [0.1, 0.15) is 37.3 Å². The molecule has 1 spiro atoms. The number of hydrogen-bond acceptors (Lipinski definition) is 4. The zero-order valence-corrected chi connectivity index (χ0v) is 20.8. The molecule has 2 aromatic carbocycles. The molecule has 3 aromatic rings. The fourth-order valence-corrected chi connectivity index (χ4v) is 5.67. The van der Waals surface area contributed by atoms with Crippen molar-refractivity contribution in [3.8, 4) is 5.75 Å². The van der Waals surface area contributed by atoms with E-state index < -0.39 is 5.54 Å². The number of piperidine rings is 1. The predicted octanol–water partition coefficient (Wildman–Crippen LogP) is 4.43. The van der Waals surface area contributed by atoms with Gasteiger partial charge in [0.25, 0.3) is 5.91 Å². The molecule has 0 radical (unpaired) electrons. The van der Waals surface area contributed by atoms with Crippen LogP contribution in [-0.4, -0.2) is 70.4 Å². The highest BCUT2D eigenvalue weighted by Crippen LogP contribution is 2.37. The maximum atomic E-state index is 13.5. The lowest BCUT2D eigenvalue weighted by atomic mass is 9.85. The van der Waals surface area contributed by atoms with E-state index in [9.17, 15) is 9.59 Å². The lowest BCUT2D eigenvalue weighted by Crippen LogP contribution is -2.56. The molecule has 3 heterocycles. The number of urea groups is 1. The van der Waals surface area contributed by atoms with E-state index in [4.69, 9.17) is 4.74 Å². The van der Waals surface area contributed by atoms with E-state index in [0.29, 0.717) is 25.4 Å². The van der Waals surface area contributed by atoms with Gasteiger partial charge in [-0.3, -0.25) is 9.69 Å². The van der Waals surface area contributed by atoms with Crippen LogP contribution in [0.15, 0.2) is 54.7 Å². The summed E-state index contributed by atoms with van der Waals surface area (Å²) in [6.07, 6.45) is 5.54. The van der Waals surface area contributed by atoms with Gasteiger partial charge in [-0.1, -0.05) is 30.3 Å². The Morgan fingerprint density at radius 3 is 2.49 bits per heavy atom. The number of likely N-dealkylation sites (N-methyl/N-ethyl adjacent to an activating group) is 1. The molecule has 0 aliphatic carbocycles. The van der Waals surface area contributed by atoms with Crippen molar-refractivity contribution < 1.29 is 14.3 Å². The number of benzene rings is 2. The SMILES string of the molecule is COc1ccc(CN2C(=O)N(C)C3(CCN([C@@H](C)CCc4c[nH]c5ccccc45)CC3)C2=O)cc1. The number of aromatic nitrogens is 1. The van der Waals surface area contributed by atoms with Gasteiger partial charge in [0.05, 0.1) is 13.7 Å². The highest BCUT2D eigenvalue weighted by atomic mass is 16.5. The number of nitrogens with zero attached hydrogens (tertiary/aromatic N) is 3. The zero-order valence-electron chi connectivity index (χ0n) is 20.8. The summed E-state index contributed by atoms with van der Waals surface area (Å²) in [6.45, 7) is 4.19. The van der Waals surface area contributed by atoms with Crippen molar-refractivity contribution in [1.82, 2.24) is 19.7 Å². The smallest absolute Gasteiger partial charge is 0.327 e. The lowest BCUT2D eigenvalue weighted by molar-refractivity contribution is -0.135. The van der Waals surface area contributed by atoms with E-state index >= 15 is 0 Å². The summed E-state index contributed by atoms with van der Waals surface area (Å²) in [4.78, 5) is 35.5. The zero-order chi connectivity index (χ0) is 24.6. The molecular weight excluding hydrogens is 440 g/mol. The van der Waals surface area contributed by atoms with Crippen LogP contribution in [0.2, 0.25) is 0 Å². The van der Waals surface area contributed by atoms with Crippen molar-refractivity contribution in [3.63, 3.8) is 0 Å². The molecule has 2 aliphatic heterocycles. The molecule has 0 saturated carbocycles. The molecule has 2 saturated heterocycles. The number of hydrogen-bond donors (Lipinski definition) is 1. The van der Waals surface area contributed by atoms with Crippen molar-refractivity contribution in [2.75, 3.05) is 27.2 Å². The van der Waals surface area contributed by atoms with Gasteiger partial charge >= 0.3 is 6.03 Å². The molecule has 0 bridgehead atoms. The molecule has 0 unspecified atom stereocenters. The van der Waals surface area contributed by atoms with Gasteiger partial charge in [0.15, 0.2) is 0 Å². The quantitative estimate of drug-likeness (QED) is 0.515. The Morgan fingerprint density at radius 1 is 1.06 bits per heavy atom. The highest BCUT2D eigenvalue weighted by Gasteiger charge is 2.56. The second kappa shape index (κ2) is 9.38. The van der Waals surface area contributed by atoms with E-state index in [0.717, 1.165) is 37.2 Å². The summed E-state index contributed by atoms with van der Waals surface area (Å²) in [7, 11) is 3.40. The number of amides is 3. The molecule has 2 aliphatic rings. The minimum atomic E-state index is -0.726. The summed E-state index contributed by atoms with van der Waals surface area (Å²) < 4.78 is 5.21. The molecule has 7 nitrogen and oxygen atoms in total. The third kappa shape index (κ3) is 4.18. The van der Waals surface area contributed by atoms with Crippen LogP contribution in [0, 0.1) is 0 Å². The van der Waals surface area contributed by atoms with E-state index in [1.165, 1.54) is 21.4 Å². The number of aromatic amines is 1. The predicted molar refractivity (Wildman–Crippen MR) is 136 cm³/mol. The molecule has 35 heavy (non-hydrogen) atoms. The van der Waals surface area contributed by atoms with Crippen LogP contribution in [0.5, 0.6) is 5.75 Å². The first-order valence-corrected chi connectivity index (χ1v) is 12.4. The molecule has 7 heteroatoms. The molecule has 2 fully saturated rings. The summed E-state index contributed by atoms with van der Waals surface area (Å²) in [5, 5.41) is 1.30. The van der Waals surface area contributed by atoms with E-state index in [1.807, 2.05) is 24.3 Å². The Morgan fingerprint density at radius 2 is 1.77 bits per heavy atom. The third-order valence-electron chi connectivity index (χ3n) is 8.06. The average molecular weight is 475 g/mol. The van der Waals surface area contributed by atoms with Crippen LogP contribution >= 0.6 is 0 Å². The monoisotopic (exact) mass is 474 g/mol. The number of para-hydroxylation sites is 1. The molecule has 1 N–H and O–H groups in total. The maximum Gasteiger partial charge on any atom is 0.327 e. The Labute approximate surface area is 206 Å². The van der Waals surface area contributed by atoms with Gasteiger partial charge in [-0.25, -0.2) is 4.79 Å². The van der Waals surface area contributed by atoms with Gasteiger partial charge in [-0.2, -0.15) is 0 Å². The summed E-state index contributed by atoms with van der Waals surface area (Å²) in [6, 6.07) is 16.2. The summed E-state index contributed by atoms with van der Waals surface area (Å²) in [5.74, 6) is 0.694. The second-order valence-corrected chi connectivity index (χ2v) is 9.90. The minimum Gasteiger partial charge on any atom is -0.497 e. The number of rotatable bonds is 7. The molecular formula is C28H34N4O3. The van der Waals surface area contributed by atoms with Crippen molar-refractivity contribution in [3.05, 3.63) is 65.9 Å². The number of aryl methyl sites for hydroxylation is 1. The number of fused-ring (bicyclic) bond motifs is 1. The lowest BCUT2D eigenvalue weighted by Gasteiger charge is -2.43. The van der Waals surface area contributed by atoms with Crippen LogP contribution in [0.4, 0.5) is 4.79 Å².